The van der Waals surface area contributed by atoms with Gasteiger partial charge in [-0.05, 0) is 54.2 Å². The normalized spacial score (nSPS) is 33.1. The quantitative estimate of drug-likeness (QED) is 0.331. The fraction of sp³-hybridized carbons (Fsp3) is 0.263. The number of amides is 3. The van der Waals surface area contributed by atoms with Gasteiger partial charge in [0.25, 0.3) is 17.7 Å². The van der Waals surface area contributed by atoms with E-state index in [9.17, 15) is 18.8 Å². The molecule has 5 nitrogen and oxygen atoms in total. The molecular formula is C19H13FN2O3S2. The number of fused-ring (bicyclic) bond motifs is 5. The number of halogens is 1. The number of hydrogen-bond donors (Lipinski definition) is 0. The standard InChI is InChI=1S/C19H13FN2O3S2/c20-12-5-1-9(2-6-12)7-13-16(23)22(19(26)27-13)21-17(24)14-10-3-4-11(8-10)15(14)18(21)25/h1-7,10-11,14-15H,8H2/b13-7-. The lowest BCUT2D eigenvalue weighted by atomic mass is 9.85. The van der Waals surface area contributed by atoms with Gasteiger partial charge in [0.2, 0.25) is 0 Å². The minimum absolute atomic E-state index is 0.0645. The van der Waals surface area contributed by atoms with Gasteiger partial charge in [-0.15, -0.1) is 0 Å². The molecular weight excluding hydrogens is 387 g/mol. The fourth-order valence-corrected chi connectivity index (χ4v) is 5.67. The zero-order chi connectivity index (χ0) is 18.9. The van der Waals surface area contributed by atoms with Crippen LogP contribution in [0.1, 0.15) is 12.0 Å². The monoisotopic (exact) mass is 400 g/mol. The van der Waals surface area contributed by atoms with Crippen molar-refractivity contribution in [2.45, 2.75) is 6.42 Å². The third-order valence-electron chi connectivity index (χ3n) is 5.59. The van der Waals surface area contributed by atoms with Crippen LogP contribution in [0.15, 0.2) is 41.3 Å². The van der Waals surface area contributed by atoms with Crippen LogP contribution < -0.4 is 0 Å². The number of nitrogens with zero attached hydrogens (tertiary/aromatic N) is 2. The molecule has 3 fully saturated rings. The number of hydrazine groups is 1. The summed E-state index contributed by atoms with van der Waals surface area (Å²) in [5, 5.41) is 1.97. The van der Waals surface area contributed by atoms with Crippen molar-refractivity contribution >= 4 is 52.1 Å². The maximum absolute atomic E-state index is 13.1. The van der Waals surface area contributed by atoms with Gasteiger partial charge in [0.05, 0.1) is 16.7 Å². The zero-order valence-corrected chi connectivity index (χ0v) is 15.5. The lowest BCUT2D eigenvalue weighted by molar-refractivity contribution is -0.159. The number of carbonyl (C=O) groups excluding carboxylic acids is 3. The number of thioether (sulfide) groups is 1. The van der Waals surface area contributed by atoms with E-state index in [0.717, 1.165) is 28.2 Å². The van der Waals surface area contributed by atoms with Crippen molar-refractivity contribution in [1.29, 1.82) is 0 Å². The highest BCUT2D eigenvalue weighted by Gasteiger charge is 2.62. The Kier molecular flexibility index (Phi) is 3.64. The predicted molar refractivity (Wildman–Crippen MR) is 101 cm³/mol. The predicted octanol–water partition coefficient (Wildman–Crippen LogP) is 2.75. The average molecular weight is 400 g/mol. The first-order valence-electron chi connectivity index (χ1n) is 8.55. The number of carbonyl (C=O) groups is 3. The summed E-state index contributed by atoms with van der Waals surface area (Å²) in [5.41, 5.74) is 0.634. The van der Waals surface area contributed by atoms with Crippen molar-refractivity contribution in [3.05, 3.63) is 52.7 Å². The van der Waals surface area contributed by atoms with Gasteiger partial charge in [0, 0.05) is 0 Å². The third kappa shape index (κ3) is 2.36. The molecule has 5 rings (SSSR count). The first kappa shape index (κ1) is 16.8. The lowest BCUT2D eigenvalue weighted by Crippen LogP contribution is -2.49. The molecule has 4 atom stereocenters. The van der Waals surface area contributed by atoms with Crippen LogP contribution in [-0.2, 0) is 14.4 Å². The molecule has 1 aromatic carbocycles. The van der Waals surface area contributed by atoms with Crippen LogP contribution in [0.4, 0.5) is 4.39 Å². The highest BCUT2D eigenvalue weighted by molar-refractivity contribution is 8.26. The van der Waals surface area contributed by atoms with Gasteiger partial charge in [0.15, 0.2) is 4.32 Å². The van der Waals surface area contributed by atoms with Crippen molar-refractivity contribution in [1.82, 2.24) is 10.0 Å². The first-order chi connectivity index (χ1) is 13.0. The summed E-state index contributed by atoms with van der Waals surface area (Å²) in [6, 6.07) is 5.68. The summed E-state index contributed by atoms with van der Waals surface area (Å²) in [4.78, 5) is 39.0. The molecule has 0 N–H and O–H groups in total. The summed E-state index contributed by atoms with van der Waals surface area (Å²) in [7, 11) is 0. The van der Waals surface area contributed by atoms with E-state index in [0.29, 0.717) is 10.5 Å². The largest absolute Gasteiger partial charge is 0.285 e. The summed E-state index contributed by atoms with van der Waals surface area (Å²) < 4.78 is 13.2. The number of allylic oxidation sites excluding steroid dienone is 2. The summed E-state index contributed by atoms with van der Waals surface area (Å²) in [6.45, 7) is 0. The van der Waals surface area contributed by atoms with E-state index < -0.39 is 17.7 Å². The van der Waals surface area contributed by atoms with Gasteiger partial charge in [-0.2, -0.15) is 10.0 Å². The minimum atomic E-state index is -0.503. The van der Waals surface area contributed by atoms with Gasteiger partial charge in [-0.3, -0.25) is 14.4 Å². The van der Waals surface area contributed by atoms with E-state index in [-0.39, 0.29) is 33.8 Å². The Morgan fingerprint density at radius 1 is 1.00 bits per heavy atom. The molecule has 2 aliphatic heterocycles. The van der Waals surface area contributed by atoms with Crippen LogP contribution in [0.5, 0.6) is 0 Å². The average Bonchev–Trinajstić information content (AvgIpc) is 3.37. The molecule has 4 unspecified atom stereocenters. The SMILES string of the molecule is O=C1/C(=C/c2ccc(F)cc2)SC(=S)N1N1C(=O)C2C3C=CC(C3)C2C1=O. The number of rotatable bonds is 2. The fourth-order valence-electron chi connectivity index (χ4n) is 4.43. The maximum atomic E-state index is 13.1. The number of thiocarbonyl (C=S) groups is 1. The second kappa shape index (κ2) is 5.84. The second-order valence-corrected chi connectivity index (χ2v) is 8.71. The van der Waals surface area contributed by atoms with E-state index in [1.807, 2.05) is 12.2 Å². The number of benzene rings is 1. The second-order valence-electron chi connectivity index (χ2n) is 7.03. The molecule has 136 valence electrons. The third-order valence-corrected chi connectivity index (χ3v) is 6.87. The van der Waals surface area contributed by atoms with Gasteiger partial charge in [-0.1, -0.05) is 36.0 Å². The van der Waals surface area contributed by atoms with Crippen LogP contribution in [0.2, 0.25) is 0 Å². The van der Waals surface area contributed by atoms with Crippen molar-refractivity contribution < 1.29 is 18.8 Å². The molecule has 4 aliphatic rings. The number of hydrogen-bond acceptors (Lipinski definition) is 5. The van der Waals surface area contributed by atoms with Gasteiger partial charge in [0.1, 0.15) is 5.82 Å². The smallest absolute Gasteiger partial charge is 0.272 e. The Morgan fingerprint density at radius 3 is 2.19 bits per heavy atom. The Bertz CT molecular complexity index is 942. The van der Waals surface area contributed by atoms with Gasteiger partial charge in [-0.25, -0.2) is 4.39 Å². The van der Waals surface area contributed by atoms with Gasteiger partial charge < -0.3 is 0 Å². The van der Waals surface area contributed by atoms with Gasteiger partial charge >= 0.3 is 0 Å². The van der Waals surface area contributed by atoms with E-state index >= 15 is 0 Å². The Balaban J connectivity index is 1.45. The molecule has 2 aliphatic carbocycles. The molecule has 2 heterocycles. The van der Waals surface area contributed by atoms with Crippen LogP contribution >= 0.6 is 24.0 Å². The Labute approximate surface area is 163 Å². The van der Waals surface area contributed by atoms with E-state index in [1.165, 1.54) is 12.1 Å². The van der Waals surface area contributed by atoms with Crippen molar-refractivity contribution in [3.8, 4) is 0 Å². The van der Waals surface area contributed by atoms with E-state index in [2.05, 4.69) is 0 Å². The molecule has 2 saturated heterocycles. The molecule has 0 aromatic heterocycles. The zero-order valence-electron chi connectivity index (χ0n) is 13.9. The molecule has 1 saturated carbocycles. The molecule has 0 spiro atoms. The van der Waals surface area contributed by atoms with Crippen molar-refractivity contribution in [2.75, 3.05) is 0 Å². The summed E-state index contributed by atoms with van der Waals surface area (Å²) >= 11 is 6.32. The Hall–Kier alpha value is -2.32. The number of imide groups is 1. The molecule has 8 heteroatoms. The minimum Gasteiger partial charge on any atom is -0.272 e. The maximum Gasteiger partial charge on any atom is 0.285 e. The van der Waals surface area contributed by atoms with Crippen LogP contribution in [0.3, 0.4) is 0 Å². The van der Waals surface area contributed by atoms with Crippen LogP contribution in [-0.4, -0.2) is 32.1 Å². The van der Waals surface area contributed by atoms with Crippen LogP contribution in [0.25, 0.3) is 6.08 Å². The first-order valence-corrected chi connectivity index (χ1v) is 9.78. The molecule has 3 amide bonds. The van der Waals surface area contributed by atoms with Crippen molar-refractivity contribution in [2.24, 2.45) is 23.7 Å². The summed E-state index contributed by atoms with van der Waals surface area (Å²) in [5.74, 6) is -2.22. The Morgan fingerprint density at radius 2 is 1.59 bits per heavy atom. The van der Waals surface area contributed by atoms with E-state index in [1.54, 1.807) is 18.2 Å². The molecule has 2 bridgehead atoms. The summed E-state index contributed by atoms with van der Waals surface area (Å²) in [6.07, 6.45) is 6.40. The van der Waals surface area contributed by atoms with Crippen LogP contribution in [0, 0.1) is 29.5 Å². The highest BCUT2D eigenvalue weighted by Crippen LogP contribution is 2.53. The highest BCUT2D eigenvalue weighted by atomic mass is 32.2. The topological polar surface area (TPSA) is 57.7 Å². The van der Waals surface area contributed by atoms with Crippen molar-refractivity contribution in [3.63, 3.8) is 0 Å². The molecule has 0 radical (unpaired) electrons. The molecule has 1 aromatic rings. The lowest BCUT2D eigenvalue weighted by Gasteiger charge is -2.25. The molecule has 27 heavy (non-hydrogen) atoms. The van der Waals surface area contributed by atoms with E-state index in [4.69, 9.17) is 12.2 Å².